The van der Waals surface area contributed by atoms with Crippen molar-refractivity contribution >= 4 is 15.9 Å². The summed E-state index contributed by atoms with van der Waals surface area (Å²) < 4.78 is 1.13. The van der Waals surface area contributed by atoms with Crippen LogP contribution in [0.4, 0.5) is 0 Å². The van der Waals surface area contributed by atoms with Crippen molar-refractivity contribution in [3.63, 3.8) is 0 Å². The molecule has 1 rings (SSSR count). The summed E-state index contributed by atoms with van der Waals surface area (Å²) in [5, 5.41) is 0. The molecule has 0 fully saturated rings. The molecule has 3 heteroatoms. The summed E-state index contributed by atoms with van der Waals surface area (Å²) in [6, 6.07) is 9.97. The van der Waals surface area contributed by atoms with Crippen molar-refractivity contribution < 1.29 is 0 Å². The summed E-state index contributed by atoms with van der Waals surface area (Å²) >= 11 is 3.31. The second-order valence-corrected chi connectivity index (χ2v) is 2.21. The van der Waals surface area contributed by atoms with Gasteiger partial charge in [-0.2, -0.15) is 0 Å². The first kappa shape index (κ1) is 8.62. The third-order valence-electron chi connectivity index (χ3n) is 0.733. The topological polar surface area (TPSA) is 52.0 Å². The van der Waals surface area contributed by atoms with Crippen LogP contribution in [0.1, 0.15) is 0 Å². The summed E-state index contributed by atoms with van der Waals surface area (Å²) in [5.74, 6) is 8.00. The molecule has 0 amide bonds. The lowest BCUT2D eigenvalue weighted by molar-refractivity contribution is 1.26. The van der Waals surface area contributed by atoms with Crippen LogP contribution in [0.2, 0.25) is 0 Å². The fraction of sp³-hybridized carbons (Fsp3) is 0. The van der Waals surface area contributed by atoms with Gasteiger partial charge in [-0.3, -0.25) is 11.7 Å². The highest BCUT2D eigenvalue weighted by atomic mass is 79.9. The van der Waals surface area contributed by atoms with Gasteiger partial charge in [0.05, 0.1) is 0 Å². The molecule has 0 spiro atoms. The first-order valence-electron chi connectivity index (χ1n) is 2.43. The molecule has 0 aliphatic heterocycles. The van der Waals surface area contributed by atoms with Gasteiger partial charge in [-0.25, -0.2) is 0 Å². The molecular formula is C6H9BrN2. The van der Waals surface area contributed by atoms with Gasteiger partial charge < -0.3 is 0 Å². The van der Waals surface area contributed by atoms with Gasteiger partial charge in [0.2, 0.25) is 0 Å². The Kier molecular flexibility index (Phi) is 5.51. The molecule has 0 aliphatic carbocycles. The standard InChI is InChI=1S/C6H5Br.H4N2/c7-6-4-2-1-3-5-6;1-2/h1-5H;1-2H2. The molecule has 1 aromatic carbocycles. The number of hydrazine groups is 1. The lowest BCUT2D eigenvalue weighted by Crippen LogP contribution is -2.02. The van der Waals surface area contributed by atoms with E-state index in [1.165, 1.54) is 0 Å². The fourth-order valence-electron chi connectivity index (χ4n) is 0.415. The molecule has 0 aromatic heterocycles. The molecule has 0 aliphatic rings. The normalized spacial score (nSPS) is 7.44. The summed E-state index contributed by atoms with van der Waals surface area (Å²) in [6.07, 6.45) is 0. The molecule has 2 nitrogen and oxygen atoms in total. The second-order valence-electron chi connectivity index (χ2n) is 1.30. The third-order valence-corrected chi connectivity index (χ3v) is 1.26. The Morgan fingerprint density at radius 1 is 1.00 bits per heavy atom. The van der Waals surface area contributed by atoms with E-state index >= 15 is 0 Å². The number of rotatable bonds is 0. The molecule has 0 unspecified atom stereocenters. The monoisotopic (exact) mass is 188 g/mol. The highest BCUT2D eigenvalue weighted by Gasteiger charge is 1.74. The van der Waals surface area contributed by atoms with Crippen molar-refractivity contribution in [1.82, 2.24) is 0 Å². The van der Waals surface area contributed by atoms with Crippen LogP contribution in [0.5, 0.6) is 0 Å². The van der Waals surface area contributed by atoms with Crippen molar-refractivity contribution in [2.45, 2.75) is 0 Å². The van der Waals surface area contributed by atoms with Gasteiger partial charge in [-0.05, 0) is 12.1 Å². The van der Waals surface area contributed by atoms with Gasteiger partial charge in [-0.15, -0.1) is 0 Å². The lowest BCUT2D eigenvalue weighted by Gasteiger charge is -1.80. The maximum Gasteiger partial charge on any atom is 0.0175 e. The number of hydrogen-bond acceptors (Lipinski definition) is 2. The maximum atomic E-state index is 4.00. The van der Waals surface area contributed by atoms with Crippen LogP contribution in [0.15, 0.2) is 34.8 Å². The Hall–Kier alpha value is -0.380. The zero-order chi connectivity index (χ0) is 7.11. The summed E-state index contributed by atoms with van der Waals surface area (Å²) in [4.78, 5) is 0. The minimum absolute atomic E-state index is 1.13. The zero-order valence-electron chi connectivity index (χ0n) is 4.92. The Balaban J connectivity index is 0.000000291. The molecule has 0 saturated carbocycles. The molecule has 0 heterocycles. The minimum atomic E-state index is 1.13. The van der Waals surface area contributed by atoms with Gasteiger partial charge in [0, 0.05) is 4.47 Å². The molecule has 0 atom stereocenters. The molecule has 4 N–H and O–H groups in total. The predicted octanol–water partition coefficient (Wildman–Crippen LogP) is 1.27. The molecule has 1 aromatic rings. The molecular weight excluding hydrogens is 180 g/mol. The second kappa shape index (κ2) is 5.75. The Labute approximate surface area is 63.0 Å². The molecule has 0 radical (unpaired) electrons. The highest BCUT2D eigenvalue weighted by molar-refractivity contribution is 9.10. The van der Waals surface area contributed by atoms with E-state index in [4.69, 9.17) is 0 Å². The third kappa shape index (κ3) is 4.14. The van der Waals surface area contributed by atoms with E-state index in [2.05, 4.69) is 27.6 Å². The van der Waals surface area contributed by atoms with Crippen LogP contribution in [0, 0.1) is 0 Å². The van der Waals surface area contributed by atoms with Gasteiger partial charge in [-0.1, -0.05) is 34.1 Å². The van der Waals surface area contributed by atoms with Crippen LogP contribution in [-0.2, 0) is 0 Å². The van der Waals surface area contributed by atoms with Crippen LogP contribution >= 0.6 is 15.9 Å². The molecule has 50 valence electrons. The Bertz CT molecular complexity index is 141. The average Bonchev–Trinajstić information content (AvgIpc) is 1.94. The van der Waals surface area contributed by atoms with E-state index in [1.807, 2.05) is 30.3 Å². The van der Waals surface area contributed by atoms with Crippen molar-refractivity contribution in [2.24, 2.45) is 11.7 Å². The van der Waals surface area contributed by atoms with E-state index in [1.54, 1.807) is 0 Å². The summed E-state index contributed by atoms with van der Waals surface area (Å²) in [7, 11) is 0. The van der Waals surface area contributed by atoms with Gasteiger partial charge in [0.25, 0.3) is 0 Å². The highest BCUT2D eigenvalue weighted by Crippen LogP contribution is 2.05. The van der Waals surface area contributed by atoms with E-state index in [0.717, 1.165) is 4.47 Å². The summed E-state index contributed by atoms with van der Waals surface area (Å²) in [6.45, 7) is 0. The van der Waals surface area contributed by atoms with E-state index in [-0.39, 0.29) is 0 Å². The van der Waals surface area contributed by atoms with E-state index in [9.17, 15) is 0 Å². The number of benzene rings is 1. The SMILES string of the molecule is Brc1ccccc1.NN. The number of nitrogens with two attached hydrogens (primary N) is 2. The van der Waals surface area contributed by atoms with Crippen molar-refractivity contribution in [3.05, 3.63) is 34.8 Å². The van der Waals surface area contributed by atoms with Crippen molar-refractivity contribution in [3.8, 4) is 0 Å². The fourth-order valence-corrected chi connectivity index (χ4v) is 0.720. The van der Waals surface area contributed by atoms with Crippen LogP contribution in [-0.4, -0.2) is 0 Å². The van der Waals surface area contributed by atoms with Crippen molar-refractivity contribution in [1.29, 1.82) is 0 Å². The van der Waals surface area contributed by atoms with Crippen LogP contribution in [0.3, 0.4) is 0 Å². The van der Waals surface area contributed by atoms with Gasteiger partial charge in [0.15, 0.2) is 0 Å². The maximum absolute atomic E-state index is 4.00. The van der Waals surface area contributed by atoms with Crippen molar-refractivity contribution in [2.75, 3.05) is 0 Å². The molecule has 0 saturated heterocycles. The predicted molar refractivity (Wildman–Crippen MR) is 42.5 cm³/mol. The van der Waals surface area contributed by atoms with E-state index < -0.39 is 0 Å². The first-order valence-corrected chi connectivity index (χ1v) is 3.23. The van der Waals surface area contributed by atoms with Gasteiger partial charge >= 0.3 is 0 Å². The quantitative estimate of drug-likeness (QED) is 0.476. The minimum Gasteiger partial charge on any atom is -0.274 e. The number of hydrogen-bond donors (Lipinski definition) is 2. The largest absolute Gasteiger partial charge is 0.274 e. The number of halogens is 1. The smallest absolute Gasteiger partial charge is 0.0175 e. The van der Waals surface area contributed by atoms with Gasteiger partial charge in [0.1, 0.15) is 0 Å². The average molecular weight is 189 g/mol. The Morgan fingerprint density at radius 3 is 1.67 bits per heavy atom. The summed E-state index contributed by atoms with van der Waals surface area (Å²) in [5.41, 5.74) is 0. The van der Waals surface area contributed by atoms with Crippen LogP contribution < -0.4 is 11.7 Å². The first-order chi connectivity index (χ1) is 4.39. The molecule has 9 heavy (non-hydrogen) atoms. The van der Waals surface area contributed by atoms with Crippen LogP contribution in [0.25, 0.3) is 0 Å². The lowest BCUT2D eigenvalue weighted by atomic mass is 10.4. The van der Waals surface area contributed by atoms with E-state index in [0.29, 0.717) is 0 Å². The molecule has 0 bridgehead atoms. The zero-order valence-corrected chi connectivity index (χ0v) is 6.51. The Morgan fingerprint density at radius 2 is 1.44 bits per heavy atom.